The van der Waals surface area contributed by atoms with Crippen LogP contribution in [0.15, 0.2) is 0 Å². The average molecular weight is 362 g/mol. The van der Waals surface area contributed by atoms with Crippen molar-refractivity contribution in [1.82, 2.24) is 0 Å². The first-order chi connectivity index (χ1) is 11.8. The molecule has 0 aromatic heterocycles. The van der Waals surface area contributed by atoms with Crippen molar-refractivity contribution in [2.45, 2.75) is 96.9 Å². The lowest BCUT2D eigenvalue weighted by molar-refractivity contribution is -0.913. The number of rotatable bonds is 15. The Morgan fingerprint density at radius 2 is 1.28 bits per heavy atom. The van der Waals surface area contributed by atoms with Gasteiger partial charge in [-0.15, -0.1) is 0 Å². The Balaban J connectivity index is 0. The van der Waals surface area contributed by atoms with Crippen LogP contribution >= 0.6 is 0 Å². The summed E-state index contributed by atoms with van der Waals surface area (Å²) in [5.74, 6) is 0. The standard InChI is InChI=1S/C19H43N2.NO3/c1-5-6-7-8-9-10-11-12-13-14-16-19(2)21(3,4)18-15-17-20;2-1(3)4/h19H,5-18,20H2,1-4H3;/q+1;-1. The first-order valence-corrected chi connectivity index (χ1v) is 10.1. The number of nitrogens with two attached hydrogens (primary N) is 1. The Hall–Kier alpha value is -0.880. The van der Waals surface area contributed by atoms with E-state index in [4.69, 9.17) is 21.1 Å². The third-order valence-electron chi connectivity index (χ3n) is 5.11. The molecule has 0 spiro atoms. The summed E-state index contributed by atoms with van der Waals surface area (Å²) in [6, 6.07) is 0.769. The van der Waals surface area contributed by atoms with E-state index in [1.807, 2.05) is 0 Å². The van der Waals surface area contributed by atoms with Gasteiger partial charge in [0.1, 0.15) is 0 Å². The molecule has 0 saturated heterocycles. The fourth-order valence-electron chi connectivity index (χ4n) is 3.00. The minimum absolute atomic E-state index is 0.769. The average Bonchev–Trinajstić information content (AvgIpc) is 2.54. The van der Waals surface area contributed by atoms with Crippen LogP contribution < -0.4 is 5.73 Å². The minimum Gasteiger partial charge on any atom is -0.356 e. The molecule has 6 nitrogen and oxygen atoms in total. The van der Waals surface area contributed by atoms with Gasteiger partial charge < -0.3 is 25.5 Å². The molecule has 0 aromatic carbocycles. The molecular formula is C19H43N3O3. The van der Waals surface area contributed by atoms with Crippen LogP contribution in [0.25, 0.3) is 0 Å². The van der Waals surface area contributed by atoms with Gasteiger partial charge in [0.05, 0.1) is 31.8 Å². The zero-order valence-corrected chi connectivity index (χ0v) is 17.2. The van der Waals surface area contributed by atoms with Crippen molar-refractivity contribution in [2.75, 3.05) is 27.2 Å². The molecule has 0 bridgehead atoms. The molecule has 0 aliphatic carbocycles. The molecule has 25 heavy (non-hydrogen) atoms. The second kappa shape index (κ2) is 17.9. The predicted octanol–water partition coefficient (Wildman–Crippen LogP) is 4.87. The van der Waals surface area contributed by atoms with E-state index in [0.717, 1.165) is 23.5 Å². The van der Waals surface area contributed by atoms with Gasteiger partial charge in [0, 0.05) is 6.42 Å². The van der Waals surface area contributed by atoms with Crippen molar-refractivity contribution in [1.29, 1.82) is 0 Å². The van der Waals surface area contributed by atoms with E-state index >= 15 is 0 Å². The molecule has 1 atom stereocenters. The van der Waals surface area contributed by atoms with Crippen LogP contribution in [0.3, 0.4) is 0 Å². The first-order valence-electron chi connectivity index (χ1n) is 10.1. The molecule has 2 N–H and O–H groups in total. The first kappa shape index (κ1) is 26.4. The molecular weight excluding hydrogens is 318 g/mol. The summed E-state index contributed by atoms with van der Waals surface area (Å²) in [7, 11) is 4.72. The zero-order chi connectivity index (χ0) is 19.6. The number of hydrogen-bond acceptors (Lipinski definition) is 4. The summed E-state index contributed by atoms with van der Waals surface area (Å²) in [4.78, 5) is 8.25. The monoisotopic (exact) mass is 361 g/mol. The molecule has 0 radical (unpaired) electrons. The predicted molar refractivity (Wildman–Crippen MR) is 107 cm³/mol. The fraction of sp³-hybridized carbons (Fsp3) is 1.00. The van der Waals surface area contributed by atoms with E-state index in [0.29, 0.717) is 0 Å². The second-order valence-corrected chi connectivity index (χ2v) is 7.69. The molecule has 1 unspecified atom stereocenters. The lowest BCUT2D eigenvalue weighted by Crippen LogP contribution is -2.48. The third-order valence-corrected chi connectivity index (χ3v) is 5.11. The van der Waals surface area contributed by atoms with Crippen molar-refractivity contribution < 1.29 is 9.57 Å². The maximum Gasteiger partial charge on any atom is 0.0857 e. The van der Waals surface area contributed by atoms with Crippen molar-refractivity contribution in [2.24, 2.45) is 5.73 Å². The summed E-state index contributed by atoms with van der Waals surface area (Å²) in [5.41, 5.74) is 5.63. The molecule has 0 rings (SSSR count). The van der Waals surface area contributed by atoms with Gasteiger partial charge in [0.25, 0.3) is 0 Å². The van der Waals surface area contributed by atoms with Gasteiger partial charge in [0.2, 0.25) is 0 Å². The minimum atomic E-state index is -1.75. The Morgan fingerprint density at radius 1 is 0.880 bits per heavy atom. The Labute approximate surface area is 155 Å². The molecule has 0 amide bonds. The normalized spacial score (nSPS) is 12.4. The quantitative estimate of drug-likeness (QED) is 0.195. The van der Waals surface area contributed by atoms with Crippen LogP contribution in [-0.2, 0) is 0 Å². The van der Waals surface area contributed by atoms with Crippen molar-refractivity contribution in [3.63, 3.8) is 0 Å². The van der Waals surface area contributed by atoms with E-state index < -0.39 is 5.09 Å². The van der Waals surface area contributed by atoms with Crippen LogP contribution in [0.5, 0.6) is 0 Å². The number of unbranched alkanes of at least 4 members (excludes halogenated alkanes) is 9. The summed E-state index contributed by atoms with van der Waals surface area (Å²) in [6.07, 6.45) is 16.8. The lowest BCUT2D eigenvalue weighted by atomic mass is 10.0. The topological polar surface area (TPSA) is 92.2 Å². The lowest BCUT2D eigenvalue weighted by Gasteiger charge is -2.36. The molecule has 0 aromatic rings. The Morgan fingerprint density at radius 3 is 1.68 bits per heavy atom. The molecule has 0 aliphatic heterocycles. The zero-order valence-electron chi connectivity index (χ0n) is 17.2. The second-order valence-electron chi connectivity index (χ2n) is 7.69. The van der Waals surface area contributed by atoms with Gasteiger partial charge >= 0.3 is 0 Å². The third kappa shape index (κ3) is 21.1. The number of nitrogens with zero attached hydrogens (tertiary/aromatic N) is 2. The van der Waals surface area contributed by atoms with Crippen LogP contribution in [0.1, 0.15) is 90.9 Å². The number of quaternary nitrogens is 1. The van der Waals surface area contributed by atoms with E-state index in [1.165, 1.54) is 77.2 Å². The van der Waals surface area contributed by atoms with Gasteiger partial charge in [-0.3, -0.25) is 0 Å². The van der Waals surface area contributed by atoms with Crippen LogP contribution in [0.2, 0.25) is 0 Å². The molecule has 152 valence electrons. The Kier molecular flexibility index (Phi) is 18.9. The largest absolute Gasteiger partial charge is 0.356 e. The fourth-order valence-corrected chi connectivity index (χ4v) is 3.00. The number of hydrogen-bond donors (Lipinski definition) is 1. The molecule has 0 heterocycles. The van der Waals surface area contributed by atoms with Gasteiger partial charge in [-0.2, -0.15) is 0 Å². The van der Waals surface area contributed by atoms with Crippen molar-refractivity contribution in [3.8, 4) is 0 Å². The SMILES string of the molecule is CCCCCCCCCCCCC(C)[N+](C)(C)CCCN.O=[N+]([O-])[O-]. The van der Waals surface area contributed by atoms with Gasteiger partial charge in [-0.25, -0.2) is 0 Å². The van der Waals surface area contributed by atoms with E-state index in [9.17, 15) is 0 Å². The Bertz CT molecular complexity index is 296. The smallest absolute Gasteiger partial charge is 0.0857 e. The van der Waals surface area contributed by atoms with Gasteiger partial charge in [-0.05, 0) is 26.3 Å². The van der Waals surface area contributed by atoms with E-state index in [-0.39, 0.29) is 0 Å². The highest BCUT2D eigenvalue weighted by Gasteiger charge is 2.22. The van der Waals surface area contributed by atoms with Gasteiger partial charge in [-0.1, -0.05) is 64.7 Å². The van der Waals surface area contributed by atoms with E-state index in [2.05, 4.69) is 27.9 Å². The molecule has 0 aliphatic rings. The molecule has 6 heteroatoms. The van der Waals surface area contributed by atoms with Crippen molar-refractivity contribution >= 4 is 0 Å². The summed E-state index contributed by atoms with van der Waals surface area (Å²) in [5, 5.41) is 14.8. The van der Waals surface area contributed by atoms with Gasteiger partial charge in [0.15, 0.2) is 0 Å². The summed E-state index contributed by atoms with van der Waals surface area (Å²) < 4.78 is 1.13. The highest BCUT2D eigenvalue weighted by Crippen LogP contribution is 2.16. The highest BCUT2D eigenvalue weighted by atomic mass is 16.9. The van der Waals surface area contributed by atoms with Crippen LogP contribution in [-0.4, -0.2) is 42.8 Å². The highest BCUT2D eigenvalue weighted by molar-refractivity contribution is 4.54. The van der Waals surface area contributed by atoms with Crippen LogP contribution in [0.4, 0.5) is 0 Å². The van der Waals surface area contributed by atoms with Crippen LogP contribution in [0, 0.1) is 15.3 Å². The summed E-state index contributed by atoms with van der Waals surface area (Å²) >= 11 is 0. The molecule has 0 fully saturated rings. The maximum atomic E-state index is 8.25. The van der Waals surface area contributed by atoms with Crippen molar-refractivity contribution in [3.05, 3.63) is 15.3 Å². The molecule has 0 saturated carbocycles. The van der Waals surface area contributed by atoms with E-state index in [1.54, 1.807) is 0 Å². The summed E-state index contributed by atoms with van der Waals surface area (Å²) in [6.45, 7) is 6.74. The maximum absolute atomic E-state index is 8.25.